The van der Waals surface area contributed by atoms with E-state index in [1.807, 2.05) is 0 Å². The van der Waals surface area contributed by atoms with Crippen LogP contribution in [0.3, 0.4) is 0 Å². The van der Waals surface area contributed by atoms with Crippen molar-refractivity contribution in [2.75, 3.05) is 25.4 Å². The summed E-state index contributed by atoms with van der Waals surface area (Å²) in [5, 5.41) is 2.51. The van der Waals surface area contributed by atoms with Crippen molar-refractivity contribution >= 4 is 26.7 Å². The molecule has 1 fully saturated rings. The fourth-order valence-electron chi connectivity index (χ4n) is 3.87. The average molecular weight is 390 g/mol. The van der Waals surface area contributed by atoms with Crippen LogP contribution in [0.1, 0.15) is 31.4 Å². The van der Waals surface area contributed by atoms with Crippen molar-refractivity contribution in [2.24, 2.45) is 11.7 Å². The molecule has 1 amide bonds. The molecule has 0 radical (unpaired) electrons. The minimum absolute atomic E-state index is 0.0523. The number of rotatable bonds is 7. The number of nitrogens with two attached hydrogens (primary N) is 1. The number of likely N-dealkylation sites (tertiary alicyclic amines) is 1. The predicted molar refractivity (Wildman–Crippen MR) is 108 cm³/mol. The van der Waals surface area contributed by atoms with Gasteiger partial charge in [-0.1, -0.05) is 42.5 Å². The average Bonchev–Trinajstić information content (AvgIpc) is 2.66. The van der Waals surface area contributed by atoms with Gasteiger partial charge in [0.05, 0.1) is 12.3 Å². The van der Waals surface area contributed by atoms with Gasteiger partial charge in [0, 0.05) is 6.04 Å². The second kappa shape index (κ2) is 8.37. The van der Waals surface area contributed by atoms with Crippen LogP contribution in [-0.4, -0.2) is 44.6 Å². The van der Waals surface area contributed by atoms with Gasteiger partial charge in [0.1, 0.15) is 0 Å². The molecule has 3 rings (SSSR count). The standard InChI is InChI=1S/C20H27N3O3S/c1-15(18-8-4-6-17-5-2-3-7-19(17)18)23-11-9-16(10-12-23)14-27(25,26)22-13-20(21)24/h2-8,15-16,22H,9-14H2,1H3,(H2,21,24). The number of carbonyl (C=O) groups is 1. The SMILES string of the molecule is CC(c1cccc2ccccc12)N1CCC(CS(=O)(=O)NCC(N)=O)CC1. The zero-order chi connectivity index (χ0) is 19.4. The van der Waals surface area contributed by atoms with Gasteiger partial charge in [-0.15, -0.1) is 0 Å². The molecular formula is C20H27N3O3S. The lowest BCUT2D eigenvalue weighted by molar-refractivity contribution is -0.116. The molecule has 1 aliphatic rings. The van der Waals surface area contributed by atoms with E-state index in [2.05, 4.69) is 59.0 Å². The Morgan fingerprint density at radius 2 is 1.85 bits per heavy atom. The van der Waals surface area contributed by atoms with Crippen molar-refractivity contribution in [3.05, 3.63) is 48.0 Å². The number of piperidine rings is 1. The number of benzene rings is 2. The Morgan fingerprint density at radius 3 is 2.56 bits per heavy atom. The van der Waals surface area contributed by atoms with Gasteiger partial charge in [-0.25, -0.2) is 13.1 Å². The molecule has 0 bridgehead atoms. The summed E-state index contributed by atoms with van der Waals surface area (Å²) in [5.41, 5.74) is 6.31. The number of carbonyl (C=O) groups excluding carboxylic acids is 1. The van der Waals surface area contributed by atoms with Crippen LogP contribution in [0.2, 0.25) is 0 Å². The van der Waals surface area contributed by atoms with Gasteiger partial charge >= 0.3 is 0 Å². The molecule has 0 aliphatic carbocycles. The molecule has 1 heterocycles. The van der Waals surface area contributed by atoms with E-state index in [1.54, 1.807) is 0 Å². The summed E-state index contributed by atoms with van der Waals surface area (Å²) >= 11 is 0. The maximum Gasteiger partial charge on any atom is 0.232 e. The lowest BCUT2D eigenvalue weighted by atomic mass is 9.94. The predicted octanol–water partition coefficient (Wildman–Crippen LogP) is 2.02. The summed E-state index contributed by atoms with van der Waals surface area (Å²) in [6.07, 6.45) is 1.65. The fourth-order valence-corrected chi connectivity index (χ4v) is 5.30. The van der Waals surface area contributed by atoms with Crippen LogP contribution in [0.4, 0.5) is 0 Å². The topological polar surface area (TPSA) is 92.5 Å². The van der Waals surface area contributed by atoms with Crippen LogP contribution in [-0.2, 0) is 14.8 Å². The third kappa shape index (κ3) is 5.06. The smallest absolute Gasteiger partial charge is 0.232 e. The maximum atomic E-state index is 12.1. The van der Waals surface area contributed by atoms with E-state index < -0.39 is 15.9 Å². The normalized spacial score (nSPS) is 17.8. The molecule has 7 heteroatoms. The van der Waals surface area contributed by atoms with Gasteiger partial charge in [-0.05, 0) is 55.1 Å². The molecule has 0 spiro atoms. The van der Waals surface area contributed by atoms with Crippen molar-refractivity contribution in [3.8, 4) is 0 Å². The molecule has 1 atom stereocenters. The highest BCUT2D eigenvalue weighted by Crippen LogP contribution is 2.31. The summed E-state index contributed by atoms with van der Waals surface area (Å²) in [5.74, 6) is -0.514. The quantitative estimate of drug-likeness (QED) is 0.758. The Labute approximate surface area is 160 Å². The van der Waals surface area contributed by atoms with E-state index in [1.165, 1.54) is 16.3 Å². The number of fused-ring (bicyclic) bond motifs is 1. The highest BCUT2D eigenvalue weighted by molar-refractivity contribution is 7.89. The summed E-state index contributed by atoms with van der Waals surface area (Å²) in [6, 6.07) is 15.1. The second-order valence-corrected chi connectivity index (χ2v) is 9.14. The summed E-state index contributed by atoms with van der Waals surface area (Å²) < 4.78 is 26.4. The minimum Gasteiger partial charge on any atom is -0.369 e. The summed E-state index contributed by atoms with van der Waals surface area (Å²) in [4.78, 5) is 13.2. The number of hydrogen-bond donors (Lipinski definition) is 2. The summed E-state index contributed by atoms with van der Waals surface area (Å²) in [6.45, 7) is 3.60. The Balaban J connectivity index is 1.61. The van der Waals surface area contributed by atoms with E-state index in [0.29, 0.717) is 0 Å². The number of hydrogen-bond acceptors (Lipinski definition) is 4. The van der Waals surface area contributed by atoms with Gasteiger partial charge in [-0.3, -0.25) is 9.69 Å². The fraction of sp³-hybridized carbons (Fsp3) is 0.450. The Morgan fingerprint density at radius 1 is 1.19 bits per heavy atom. The molecule has 2 aromatic carbocycles. The van der Waals surface area contributed by atoms with Crippen molar-refractivity contribution in [1.82, 2.24) is 9.62 Å². The van der Waals surface area contributed by atoms with Gasteiger partial charge in [0.2, 0.25) is 15.9 Å². The van der Waals surface area contributed by atoms with Crippen LogP contribution in [0.15, 0.2) is 42.5 Å². The largest absolute Gasteiger partial charge is 0.369 e. The first kappa shape index (κ1) is 19.8. The van der Waals surface area contributed by atoms with Crippen LogP contribution < -0.4 is 10.5 Å². The van der Waals surface area contributed by atoms with Crippen molar-refractivity contribution in [3.63, 3.8) is 0 Å². The lowest BCUT2D eigenvalue weighted by Gasteiger charge is -2.36. The van der Waals surface area contributed by atoms with E-state index in [0.717, 1.165) is 25.9 Å². The first-order valence-electron chi connectivity index (χ1n) is 9.33. The zero-order valence-corrected chi connectivity index (χ0v) is 16.4. The maximum absolute atomic E-state index is 12.1. The first-order chi connectivity index (χ1) is 12.9. The van der Waals surface area contributed by atoms with Gasteiger partial charge < -0.3 is 5.73 Å². The molecule has 27 heavy (non-hydrogen) atoms. The van der Waals surface area contributed by atoms with Crippen LogP contribution >= 0.6 is 0 Å². The monoisotopic (exact) mass is 389 g/mol. The zero-order valence-electron chi connectivity index (χ0n) is 15.6. The van der Waals surface area contributed by atoms with E-state index in [-0.39, 0.29) is 24.3 Å². The Bertz CT molecular complexity index is 900. The van der Waals surface area contributed by atoms with Crippen LogP contribution in [0.5, 0.6) is 0 Å². The molecule has 0 saturated carbocycles. The number of sulfonamides is 1. The van der Waals surface area contributed by atoms with Crippen molar-refractivity contribution in [2.45, 2.75) is 25.8 Å². The molecule has 1 unspecified atom stereocenters. The molecule has 1 aliphatic heterocycles. The number of nitrogens with zero attached hydrogens (tertiary/aromatic N) is 1. The van der Waals surface area contributed by atoms with Crippen LogP contribution in [0, 0.1) is 5.92 Å². The molecule has 1 saturated heterocycles. The van der Waals surface area contributed by atoms with Gasteiger partial charge in [-0.2, -0.15) is 0 Å². The van der Waals surface area contributed by atoms with Crippen molar-refractivity contribution in [1.29, 1.82) is 0 Å². The highest BCUT2D eigenvalue weighted by atomic mass is 32.2. The molecule has 146 valence electrons. The molecule has 2 aromatic rings. The summed E-state index contributed by atoms with van der Waals surface area (Å²) in [7, 11) is -3.46. The minimum atomic E-state index is -3.46. The molecule has 0 aromatic heterocycles. The molecule has 6 nitrogen and oxygen atoms in total. The lowest BCUT2D eigenvalue weighted by Crippen LogP contribution is -2.41. The first-order valence-corrected chi connectivity index (χ1v) is 11.0. The Kier molecular flexibility index (Phi) is 6.14. The van der Waals surface area contributed by atoms with Gasteiger partial charge in [0.15, 0.2) is 0 Å². The second-order valence-electron chi connectivity index (χ2n) is 7.29. The van der Waals surface area contributed by atoms with E-state index >= 15 is 0 Å². The Hall–Kier alpha value is -1.96. The highest BCUT2D eigenvalue weighted by Gasteiger charge is 2.27. The third-order valence-corrected chi connectivity index (χ3v) is 6.89. The number of amides is 1. The van der Waals surface area contributed by atoms with Crippen LogP contribution in [0.25, 0.3) is 10.8 Å². The van der Waals surface area contributed by atoms with Gasteiger partial charge in [0.25, 0.3) is 0 Å². The third-order valence-electron chi connectivity index (χ3n) is 5.39. The van der Waals surface area contributed by atoms with Crippen molar-refractivity contribution < 1.29 is 13.2 Å². The number of primary amides is 1. The van der Waals surface area contributed by atoms with E-state index in [9.17, 15) is 13.2 Å². The van der Waals surface area contributed by atoms with E-state index in [4.69, 9.17) is 5.73 Å². The number of nitrogens with one attached hydrogen (secondary N) is 1. The molecular weight excluding hydrogens is 362 g/mol. The molecule has 3 N–H and O–H groups in total.